The van der Waals surface area contributed by atoms with Crippen LogP contribution in [-0.4, -0.2) is 29.9 Å². The van der Waals surface area contributed by atoms with Gasteiger partial charge in [0.15, 0.2) is 11.8 Å². The number of hydrogen-bond acceptors (Lipinski definition) is 8. The second-order valence-corrected chi connectivity index (χ2v) is 5.30. The molecule has 3 aromatic rings. The van der Waals surface area contributed by atoms with Crippen LogP contribution in [0, 0.1) is 10.1 Å². The molecule has 1 atom stereocenters. The fourth-order valence-electron chi connectivity index (χ4n) is 2.66. The lowest BCUT2D eigenvalue weighted by Gasteiger charge is -2.21. The molecule has 0 fully saturated rings. The van der Waals surface area contributed by atoms with E-state index in [1.165, 1.54) is 29.3 Å². The highest BCUT2D eigenvalue weighted by atomic mass is 16.6. The minimum absolute atomic E-state index is 0.156. The number of aromatic hydroxyl groups is 2. The van der Waals surface area contributed by atoms with E-state index in [0.29, 0.717) is 5.76 Å². The van der Waals surface area contributed by atoms with Gasteiger partial charge in [0.25, 0.3) is 5.70 Å². The molecule has 10 nitrogen and oxygen atoms in total. The maximum Gasteiger partial charge on any atom is 0.291 e. The number of phenols is 2. The summed E-state index contributed by atoms with van der Waals surface area (Å²) in [6.45, 7) is 0. The van der Waals surface area contributed by atoms with Gasteiger partial charge in [-0.05, 0) is 24.3 Å². The third-order valence-corrected chi connectivity index (χ3v) is 3.77. The van der Waals surface area contributed by atoms with Gasteiger partial charge >= 0.3 is 0 Å². The Hall–Kier alpha value is -3.82. The van der Waals surface area contributed by atoms with Gasteiger partial charge in [0.2, 0.25) is 11.8 Å². The van der Waals surface area contributed by atoms with E-state index in [1.807, 2.05) is 0 Å². The zero-order chi connectivity index (χ0) is 17.6. The monoisotopic (exact) mass is 341 g/mol. The van der Waals surface area contributed by atoms with Gasteiger partial charge in [-0.1, -0.05) is 0 Å². The topological polar surface area (TPSA) is 139 Å². The fourth-order valence-corrected chi connectivity index (χ4v) is 2.66. The van der Waals surface area contributed by atoms with Gasteiger partial charge in [-0.3, -0.25) is 10.1 Å². The molecule has 1 aliphatic heterocycles. The van der Waals surface area contributed by atoms with Crippen molar-refractivity contribution in [2.75, 3.05) is 5.32 Å². The maximum atomic E-state index is 11.4. The number of nitro groups is 1. The Morgan fingerprint density at radius 1 is 1.32 bits per heavy atom. The van der Waals surface area contributed by atoms with Crippen LogP contribution in [-0.2, 0) is 0 Å². The first-order chi connectivity index (χ1) is 12.0. The normalized spacial score (nSPS) is 16.0. The molecule has 1 aliphatic rings. The number of furan rings is 1. The summed E-state index contributed by atoms with van der Waals surface area (Å²) < 4.78 is 6.55. The van der Waals surface area contributed by atoms with Gasteiger partial charge in [0.1, 0.15) is 11.5 Å². The molecule has 0 radical (unpaired) electrons. The van der Waals surface area contributed by atoms with Crippen molar-refractivity contribution in [3.8, 4) is 23.1 Å². The molecule has 1 aromatic carbocycles. The zero-order valence-corrected chi connectivity index (χ0v) is 12.5. The lowest BCUT2D eigenvalue weighted by molar-refractivity contribution is -0.431. The van der Waals surface area contributed by atoms with E-state index in [-0.39, 0.29) is 34.5 Å². The van der Waals surface area contributed by atoms with Crippen molar-refractivity contribution in [1.29, 1.82) is 0 Å². The van der Waals surface area contributed by atoms with Crippen molar-refractivity contribution in [3.63, 3.8) is 0 Å². The number of hydrogen-bond donors (Lipinski definition) is 3. The van der Waals surface area contributed by atoms with Crippen molar-refractivity contribution < 1.29 is 19.6 Å². The van der Waals surface area contributed by atoms with Crippen LogP contribution >= 0.6 is 0 Å². The maximum absolute atomic E-state index is 11.4. The SMILES string of the molecule is O=[N+]([O-])C1=CNc2nc(-c3ccco3)nn2C1c1ccc(O)cc1O. The first-order valence-electron chi connectivity index (χ1n) is 7.18. The first kappa shape index (κ1) is 14.8. The van der Waals surface area contributed by atoms with Crippen molar-refractivity contribution in [2.45, 2.75) is 6.04 Å². The zero-order valence-electron chi connectivity index (χ0n) is 12.5. The standard InChI is InChI=1S/C15H11N5O5/c21-8-3-4-9(11(22)6-8)13-10(20(23)24)7-16-15-17-14(18-19(13)15)12-2-1-5-25-12/h1-7,13,21-22H,(H,16,17,18). The van der Waals surface area contributed by atoms with Crippen LogP contribution in [0.5, 0.6) is 11.5 Å². The van der Waals surface area contributed by atoms with Gasteiger partial charge in [0.05, 0.1) is 17.4 Å². The number of nitrogens with one attached hydrogen (secondary N) is 1. The minimum atomic E-state index is -1.02. The van der Waals surface area contributed by atoms with Crippen molar-refractivity contribution in [3.05, 3.63) is 64.2 Å². The second kappa shape index (κ2) is 5.37. The van der Waals surface area contributed by atoms with Gasteiger partial charge in [-0.25, -0.2) is 4.68 Å². The molecule has 25 heavy (non-hydrogen) atoms. The molecule has 0 bridgehead atoms. The van der Waals surface area contributed by atoms with Crippen molar-refractivity contribution in [2.24, 2.45) is 0 Å². The molecule has 1 unspecified atom stereocenters. The molecule has 2 aromatic heterocycles. The Bertz CT molecular complexity index is 992. The van der Waals surface area contributed by atoms with Gasteiger partial charge in [0, 0.05) is 11.6 Å². The van der Waals surface area contributed by atoms with E-state index in [4.69, 9.17) is 4.42 Å². The van der Waals surface area contributed by atoms with Gasteiger partial charge in [-0.15, -0.1) is 5.10 Å². The van der Waals surface area contributed by atoms with E-state index in [2.05, 4.69) is 15.4 Å². The minimum Gasteiger partial charge on any atom is -0.508 e. The molecule has 10 heteroatoms. The Labute approximate surface area is 139 Å². The molecule has 0 aliphatic carbocycles. The Balaban J connectivity index is 1.88. The summed E-state index contributed by atoms with van der Waals surface area (Å²) in [6, 6.07) is 6.15. The van der Waals surface area contributed by atoms with Gasteiger partial charge < -0.3 is 19.9 Å². The molecule has 0 amide bonds. The predicted octanol–water partition coefficient (Wildman–Crippen LogP) is 2.08. The second-order valence-electron chi connectivity index (χ2n) is 5.30. The fraction of sp³-hybridized carbons (Fsp3) is 0.0667. The molecule has 3 heterocycles. The first-order valence-corrected chi connectivity index (χ1v) is 7.18. The highest BCUT2D eigenvalue weighted by Crippen LogP contribution is 2.38. The quantitative estimate of drug-likeness (QED) is 0.486. The summed E-state index contributed by atoms with van der Waals surface area (Å²) >= 11 is 0. The summed E-state index contributed by atoms with van der Waals surface area (Å²) in [5, 5.41) is 38.1. The van der Waals surface area contributed by atoms with E-state index >= 15 is 0 Å². The molecule has 126 valence electrons. The summed E-state index contributed by atoms with van der Waals surface area (Å²) in [4.78, 5) is 15.1. The number of rotatable bonds is 3. The van der Waals surface area contributed by atoms with Crippen molar-refractivity contribution >= 4 is 5.95 Å². The van der Waals surface area contributed by atoms with Crippen LogP contribution in [0.25, 0.3) is 11.6 Å². The van der Waals surface area contributed by atoms with E-state index in [1.54, 1.807) is 12.1 Å². The Morgan fingerprint density at radius 2 is 2.16 bits per heavy atom. The highest BCUT2D eigenvalue weighted by molar-refractivity contribution is 5.53. The van der Waals surface area contributed by atoms with Crippen molar-refractivity contribution in [1.82, 2.24) is 14.8 Å². The van der Waals surface area contributed by atoms with Crippen LogP contribution in [0.4, 0.5) is 5.95 Å². The third-order valence-electron chi connectivity index (χ3n) is 3.77. The number of nitrogens with zero attached hydrogens (tertiary/aromatic N) is 4. The predicted molar refractivity (Wildman–Crippen MR) is 84.3 cm³/mol. The summed E-state index contributed by atoms with van der Waals surface area (Å²) in [5.41, 5.74) is -0.0243. The molecular weight excluding hydrogens is 330 g/mol. The number of allylic oxidation sites excluding steroid dienone is 1. The Morgan fingerprint density at radius 3 is 2.84 bits per heavy atom. The van der Waals surface area contributed by atoms with Gasteiger partial charge in [-0.2, -0.15) is 4.98 Å². The van der Waals surface area contributed by atoms with Crippen LogP contribution in [0.15, 0.2) is 52.9 Å². The number of phenolic OH excluding ortho intramolecular Hbond substituents is 2. The number of anilines is 1. The number of fused-ring (bicyclic) bond motifs is 1. The number of benzene rings is 1. The summed E-state index contributed by atoms with van der Waals surface area (Å²) in [5.74, 6) is 0.459. The van der Waals surface area contributed by atoms with Crippen LogP contribution in [0.1, 0.15) is 11.6 Å². The largest absolute Gasteiger partial charge is 0.508 e. The average Bonchev–Trinajstić information content (AvgIpc) is 3.23. The van der Waals surface area contributed by atoms with E-state index in [0.717, 1.165) is 6.07 Å². The third kappa shape index (κ3) is 2.36. The molecule has 0 saturated heterocycles. The molecule has 0 saturated carbocycles. The van der Waals surface area contributed by atoms with Crippen LogP contribution in [0.2, 0.25) is 0 Å². The lowest BCUT2D eigenvalue weighted by atomic mass is 10.0. The molecular formula is C15H11N5O5. The smallest absolute Gasteiger partial charge is 0.291 e. The summed E-state index contributed by atoms with van der Waals surface area (Å²) in [6.07, 6.45) is 2.67. The Kier molecular flexibility index (Phi) is 3.17. The van der Waals surface area contributed by atoms with Crippen LogP contribution < -0.4 is 5.32 Å². The van der Waals surface area contributed by atoms with E-state index in [9.17, 15) is 20.3 Å². The van der Waals surface area contributed by atoms with E-state index < -0.39 is 11.0 Å². The molecule has 4 rings (SSSR count). The van der Waals surface area contributed by atoms with Crippen LogP contribution in [0.3, 0.4) is 0 Å². The molecule has 0 spiro atoms. The summed E-state index contributed by atoms with van der Waals surface area (Å²) in [7, 11) is 0. The molecule has 3 N–H and O–H groups in total. The highest BCUT2D eigenvalue weighted by Gasteiger charge is 2.37. The number of aromatic nitrogens is 3. The lowest BCUT2D eigenvalue weighted by Crippen LogP contribution is -2.25. The average molecular weight is 341 g/mol.